The minimum Gasteiger partial charge on any atom is -0.487 e. The number of methoxy groups -OCH3 is 1. The van der Waals surface area contributed by atoms with Crippen molar-refractivity contribution in [3.05, 3.63) is 11.4 Å². The van der Waals surface area contributed by atoms with Crippen molar-refractivity contribution in [2.45, 2.75) is 0 Å². The number of thiophene rings is 1. The molecule has 0 saturated carbocycles. The van der Waals surface area contributed by atoms with E-state index in [1.54, 1.807) is 0 Å². The lowest BCUT2D eigenvalue weighted by atomic mass is 9.83. The summed E-state index contributed by atoms with van der Waals surface area (Å²) in [6.07, 6.45) is 0. The first-order chi connectivity index (χ1) is 5.04. The molecule has 0 amide bonds. The fraction of sp³-hybridized carbons (Fsp3) is 0.200. The third-order valence-electron chi connectivity index (χ3n) is 1.17. The van der Waals surface area contributed by atoms with E-state index in [2.05, 4.69) is 4.74 Å². The second-order valence-electron chi connectivity index (χ2n) is 1.98. The predicted octanol–water partition coefficient (Wildman–Crippen LogP) is 1.81. The maximum atomic E-state index is 12.0. The lowest BCUT2D eigenvalue weighted by molar-refractivity contribution is 0.427. The number of ether oxygens (including phenoxy) is 1. The Labute approximate surface area is 65.9 Å². The van der Waals surface area contributed by atoms with Crippen LogP contribution in [0, 0.1) is 0 Å². The van der Waals surface area contributed by atoms with Gasteiger partial charge in [0.15, 0.2) is 5.06 Å². The van der Waals surface area contributed by atoms with Gasteiger partial charge in [-0.15, -0.1) is 11.3 Å². The van der Waals surface area contributed by atoms with E-state index in [1.165, 1.54) is 7.11 Å². The number of hydrogen-bond donors (Lipinski definition) is 0. The van der Waals surface area contributed by atoms with E-state index in [9.17, 15) is 12.9 Å². The van der Waals surface area contributed by atoms with Gasteiger partial charge in [-0.1, -0.05) is 5.46 Å². The smallest absolute Gasteiger partial charge is 0.487 e. The van der Waals surface area contributed by atoms with Crippen molar-refractivity contribution in [3.8, 4) is 5.06 Å². The SMILES string of the molecule is COc1cc([B-](F)(F)F)cs1. The molecular formula is C5H5BF3OS-. The topological polar surface area (TPSA) is 9.23 Å². The molecule has 0 aliphatic carbocycles. The Hall–Kier alpha value is -0.645. The summed E-state index contributed by atoms with van der Waals surface area (Å²) in [6, 6.07) is 1.00. The molecule has 0 spiro atoms. The van der Waals surface area contributed by atoms with Gasteiger partial charge in [-0.25, -0.2) is 0 Å². The van der Waals surface area contributed by atoms with Crippen molar-refractivity contribution in [1.82, 2.24) is 0 Å². The van der Waals surface area contributed by atoms with Crippen LogP contribution in [0.25, 0.3) is 0 Å². The van der Waals surface area contributed by atoms with Crippen molar-refractivity contribution in [2.75, 3.05) is 7.11 Å². The molecule has 0 radical (unpaired) electrons. The van der Waals surface area contributed by atoms with E-state index in [4.69, 9.17) is 0 Å². The number of rotatable bonds is 2. The molecule has 1 rings (SSSR count). The van der Waals surface area contributed by atoms with Crippen molar-refractivity contribution in [1.29, 1.82) is 0 Å². The second-order valence-corrected chi connectivity index (χ2v) is 2.85. The van der Waals surface area contributed by atoms with Crippen LogP contribution in [0.15, 0.2) is 11.4 Å². The fourth-order valence-electron chi connectivity index (χ4n) is 0.609. The molecule has 1 aromatic rings. The van der Waals surface area contributed by atoms with Gasteiger partial charge in [0.25, 0.3) is 0 Å². The molecule has 62 valence electrons. The third kappa shape index (κ3) is 1.89. The van der Waals surface area contributed by atoms with Gasteiger partial charge in [-0.05, 0) is 11.4 Å². The van der Waals surface area contributed by atoms with Gasteiger partial charge in [-0.3, -0.25) is 0 Å². The first-order valence-corrected chi connectivity index (χ1v) is 3.74. The van der Waals surface area contributed by atoms with Crippen LogP contribution in [-0.2, 0) is 0 Å². The van der Waals surface area contributed by atoms with Crippen LogP contribution >= 0.6 is 11.3 Å². The Morgan fingerprint density at radius 1 is 1.45 bits per heavy atom. The Balaban J connectivity index is 2.89. The first kappa shape index (κ1) is 8.45. The van der Waals surface area contributed by atoms with Gasteiger partial charge in [0.05, 0.1) is 7.11 Å². The lowest BCUT2D eigenvalue weighted by Crippen LogP contribution is -2.32. The quantitative estimate of drug-likeness (QED) is 0.632. The molecule has 0 N–H and O–H groups in total. The molecule has 0 atom stereocenters. The Bertz CT molecular complexity index is 244. The molecule has 0 bridgehead atoms. The molecule has 0 saturated heterocycles. The number of hydrogen-bond acceptors (Lipinski definition) is 2. The van der Waals surface area contributed by atoms with Crippen molar-refractivity contribution in [3.63, 3.8) is 0 Å². The zero-order valence-electron chi connectivity index (χ0n) is 5.68. The second kappa shape index (κ2) is 2.77. The highest BCUT2D eigenvalue weighted by Gasteiger charge is 2.26. The maximum absolute atomic E-state index is 12.0. The van der Waals surface area contributed by atoms with Crippen LogP contribution in [0.2, 0.25) is 0 Å². The molecule has 0 aliphatic heterocycles. The van der Waals surface area contributed by atoms with Crippen LogP contribution in [0.1, 0.15) is 0 Å². The highest BCUT2D eigenvalue weighted by Crippen LogP contribution is 2.20. The van der Waals surface area contributed by atoms with Crippen molar-refractivity contribution in [2.24, 2.45) is 0 Å². The molecule has 1 aromatic heterocycles. The van der Waals surface area contributed by atoms with Gasteiger partial charge in [-0.2, -0.15) is 0 Å². The normalized spacial score (nSPS) is 11.6. The summed E-state index contributed by atoms with van der Waals surface area (Å²) in [7, 11) is 1.35. The molecule has 0 aromatic carbocycles. The summed E-state index contributed by atoms with van der Waals surface area (Å²) >= 11 is 0.950. The summed E-state index contributed by atoms with van der Waals surface area (Å²) in [6.45, 7) is -4.86. The molecule has 0 unspecified atom stereocenters. The first-order valence-electron chi connectivity index (χ1n) is 2.86. The minimum absolute atomic E-state index is 0.291. The Morgan fingerprint density at radius 2 is 2.09 bits per heavy atom. The maximum Gasteiger partial charge on any atom is 0.510 e. The Kier molecular flexibility index (Phi) is 2.13. The van der Waals surface area contributed by atoms with E-state index in [0.29, 0.717) is 5.06 Å². The van der Waals surface area contributed by atoms with Crippen LogP contribution in [-0.4, -0.2) is 14.1 Å². The van der Waals surface area contributed by atoms with Gasteiger partial charge in [0, 0.05) is 0 Å². The third-order valence-corrected chi connectivity index (χ3v) is 2.08. The van der Waals surface area contributed by atoms with E-state index < -0.39 is 12.4 Å². The largest absolute Gasteiger partial charge is 0.510 e. The van der Waals surface area contributed by atoms with Crippen LogP contribution < -0.4 is 10.2 Å². The molecule has 1 nitrogen and oxygen atoms in total. The predicted molar refractivity (Wildman–Crippen MR) is 39.6 cm³/mol. The minimum atomic E-state index is -4.86. The summed E-state index contributed by atoms with van der Waals surface area (Å²) in [5, 5.41) is 1.35. The van der Waals surface area contributed by atoms with Gasteiger partial charge in [0.2, 0.25) is 0 Å². The molecule has 0 fully saturated rings. The van der Waals surface area contributed by atoms with Gasteiger partial charge < -0.3 is 17.7 Å². The summed E-state index contributed by atoms with van der Waals surface area (Å²) < 4.78 is 40.5. The molecular weight excluding hydrogens is 176 g/mol. The zero-order valence-corrected chi connectivity index (χ0v) is 6.50. The number of halogens is 3. The van der Waals surface area contributed by atoms with Crippen molar-refractivity contribution >= 4 is 23.8 Å². The Morgan fingerprint density at radius 3 is 2.36 bits per heavy atom. The average molecular weight is 181 g/mol. The van der Waals surface area contributed by atoms with Crippen molar-refractivity contribution < 1.29 is 17.7 Å². The molecule has 0 aliphatic rings. The fourth-order valence-corrected chi connectivity index (χ4v) is 1.38. The van der Waals surface area contributed by atoms with E-state index in [1.807, 2.05) is 0 Å². The highest BCUT2D eigenvalue weighted by atomic mass is 32.1. The van der Waals surface area contributed by atoms with Crippen LogP contribution in [0.4, 0.5) is 12.9 Å². The average Bonchev–Trinajstić information content (AvgIpc) is 2.32. The summed E-state index contributed by atoms with van der Waals surface area (Å²) in [4.78, 5) is 0. The van der Waals surface area contributed by atoms with Gasteiger partial charge in [0.1, 0.15) is 0 Å². The van der Waals surface area contributed by atoms with E-state index in [0.717, 1.165) is 22.8 Å². The van der Waals surface area contributed by atoms with Crippen LogP contribution in [0.3, 0.4) is 0 Å². The molecule has 1 heterocycles. The zero-order chi connectivity index (χ0) is 8.48. The van der Waals surface area contributed by atoms with Crippen LogP contribution in [0.5, 0.6) is 5.06 Å². The summed E-state index contributed by atoms with van der Waals surface area (Å²) in [5.41, 5.74) is -0.591. The lowest BCUT2D eigenvalue weighted by Gasteiger charge is -2.10. The van der Waals surface area contributed by atoms with Gasteiger partial charge >= 0.3 is 6.98 Å². The highest BCUT2D eigenvalue weighted by molar-refractivity contribution is 7.13. The standard InChI is InChI=1S/C5H5BF3OS/c1-10-5-2-4(3-11-5)6(7,8)9/h2-3H,1H3/q-1. The van der Waals surface area contributed by atoms with E-state index in [-0.39, 0.29) is 0 Å². The van der Waals surface area contributed by atoms with E-state index >= 15 is 0 Å². The molecule has 6 heteroatoms. The summed E-state index contributed by atoms with van der Waals surface area (Å²) in [5.74, 6) is 0. The monoisotopic (exact) mass is 181 g/mol. The molecule has 11 heavy (non-hydrogen) atoms.